The summed E-state index contributed by atoms with van der Waals surface area (Å²) in [6.07, 6.45) is 0. The van der Waals surface area contributed by atoms with Gasteiger partial charge in [-0.05, 0) is 31.5 Å². The Labute approximate surface area is 161 Å². The molecule has 1 aromatic carbocycles. The van der Waals surface area contributed by atoms with Gasteiger partial charge in [0, 0.05) is 29.8 Å². The van der Waals surface area contributed by atoms with Crippen molar-refractivity contribution in [1.29, 1.82) is 0 Å². The number of benzene rings is 1. The van der Waals surface area contributed by atoms with Crippen molar-refractivity contribution in [2.45, 2.75) is 46.7 Å². The van der Waals surface area contributed by atoms with E-state index in [2.05, 4.69) is 15.5 Å². The molecule has 0 bridgehead atoms. The Morgan fingerprint density at radius 2 is 2.00 bits per heavy atom. The number of halogens is 2. The van der Waals surface area contributed by atoms with Crippen LogP contribution in [0.3, 0.4) is 0 Å². The quantitative estimate of drug-likeness (QED) is 0.696. The molecule has 0 saturated heterocycles. The number of nitrogens with one attached hydrogen (secondary N) is 1. The predicted octanol–water partition coefficient (Wildman–Crippen LogP) is 3.87. The Morgan fingerprint density at radius 3 is 2.64 bits per heavy atom. The average Bonchev–Trinajstić information content (AvgIpc) is 3.19. The monoisotopic (exact) mass is 388 g/mol. The molecule has 0 atom stereocenters. The zero-order valence-corrected chi connectivity index (χ0v) is 16.2. The fraction of sp³-hybridized carbons (Fsp3) is 0.350. The number of rotatable bonds is 6. The average molecular weight is 388 g/mol. The highest BCUT2D eigenvalue weighted by Gasteiger charge is 2.20. The number of carbonyl (C=O) groups excluding carboxylic acids is 1. The van der Waals surface area contributed by atoms with Gasteiger partial charge in [-0.15, -0.1) is 0 Å². The number of amides is 1. The number of carbonyl (C=O) groups is 1. The molecule has 1 amide bonds. The lowest BCUT2D eigenvalue weighted by molar-refractivity contribution is -0.121. The lowest BCUT2D eigenvalue weighted by Gasteiger charge is -2.11. The fourth-order valence-electron chi connectivity index (χ4n) is 2.96. The molecular weight excluding hydrogens is 366 g/mol. The van der Waals surface area contributed by atoms with Crippen LogP contribution < -0.4 is 5.32 Å². The van der Waals surface area contributed by atoms with Gasteiger partial charge in [-0.1, -0.05) is 25.1 Å². The molecule has 0 aliphatic heterocycles. The number of aromatic nitrogens is 3. The lowest BCUT2D eigenvalue weighted by Crippen LogP contribution is -2.28. The van der Waals surface area contributed by atoms with Crippen LogP contribution in [0.25, 0.3) is 11.6 Å². The van der Waals surface area contributed by atoms with E-state index < -0.39 is 11.6 Å². The van der Waals surface area contributed by atoms with Gasteiger partial charge in [-0.3, -0.25) is 4.79 Å². The summed E-state index contributed by atoms with van der Waals surface area (Å²) in [6.45, 7) is 7.70. The Kier molecular flexibility index (Phi) is 5.58. The molecule has 0 spiro atoms. The Bertz CT molecular complexity index is 1010. The van der Waals surface area contributed by atoms with E-state index in [1.807, 2.05) is 33.8 Å². The van der Waals surface area contributed by atoms with Crippen molar-refractivity contribution in [2.75, 3.05) is 0 Å². The van der Waals surface area contributed by atoms with Gasteiger partial charge in [0.1, 0.15) is 23.9 Å². The van der Waals surface area contributed by atoms with Crippen LogP contribution in [-0.4, -0.2) is 20.6 Å². The maximum absolute atomic E-state index is 13.7. The van der Waals surface area contributed by atoms with Crippen LogP contribution in [0.4, 0.5) is 8.78 Å². The van der Waals surface area contributed by atoms with E-state index >= 15 is 0 Å². The molecule has 6 nitrogen and oxygen atoms in total. The Hall–Kier alpha value is -3.03. The summed E-state index contributed by atoms with van der Waals surface area (Å²) in [5.41, 5.74) is 2.67. The molecule has 3 aromatic rings. The molecule has 0 unspecified atom stereocenters. The molecule has 28 heavy (non-hydrogen) atoms. The zero-order chi connectivity index (χ0) is 20.4. The third-order valence-electron chi connectivity index (χ3n) is 4.45. The zero-order valence-electron chi connectivity index (χ0n) is 16.2. The van der Waals surface area contributed by atoms with Gasteiger partial charge in [-0.25, -0.2) is 8.78 Å². The molecule has 0 saturated carbocycles. The van der Waals surface area contributed by atoms with Crippen molar-refractivity contribution in [3.63, 3.8) is 0 Å². The van der Waals surface area contributed by atoms with E-state index in [1.54, 1.807) is 4.57 Å². The predicted molar refractivity (Wildman–Crippen MR) is 99.5 cm³/mol. The molecule has 0 fully saturated rings. The summed E-state index contributed by atoms with van der Waals surface area (Å²) in [4.78, 5) is 16.8. The van der Waals surface area contributed by atoms with Gasteiger partial charge in [0.2, 0.25) is 5.91 Å². The minimum atomic E-state index is -0.693. The van der Waals surface area contributed by atoms with E-state index in [0.717, 1.165) is 23.4 Å². The van der Waals surface area contributed by atoms with Crippen LogP contribution in [-0.2, 0) is 17.9 Å². The van der Waals surface area contributed by atoms with Gasteiger partial charge < -0.3 is 14.4 Å². The van der Waals surface area contributed by atoms with Crippen LogP contribution in [0.2, 0.25) is 0 Å². The highest BCUT2D eigenvalue weighted by Crippen LogP contribution is 2.27. The highest BCUT2D eigenvalue weighted by molar-refractivity contribution is 5.77. The SMILES string of the molecule is Cc1cc(C)n(CC(=O)NCc2ccc(F)cc2F)c1-c1nc(C(C)C)no1. The second-order valence-electron chi connectivity index (χ2n) is 7.03. The summed E-state index contributed by atoms with van der Waals surface area (Å²) in [6, 6.07) is 5.19. The van der Waals surface area contributed by atoms with Crippen molar-refractivity contribution in [3.05, 3.63) is 58.5 Å². The molecule has 0 aliphatic carbocycles. The molecule has 0 radical (unpaired) electrons. The Morgan fingerprint density at radius 1 is 1.25 bits per heavy atom. The van der Waals surface area contributed by atoms with Crippen LogP contribution in [0.5, 0.6) is 0 Å². The maximum Gasteiger partial charge on any atom is 0.274 e. The van der Waals surface area contributed by atoms with Crippen LogP contribution >= 0.6 is 0 Å². The summed E-state index contributed by atoms with van der Waals surface area (Å²) in [5, 5.41) is 6.64. The third-order valence-corrected chi connectivity index (χ3v) is 4.45. The van der Waals surface area contributed by atoms with Crippen molar-refractivity contribution >= 4 is 5.91 Å². The van der Waals surface area contributed by atoms with Crippen LogP contribution in [0.15, 0.2) is 28.8 Å². The molecule has 2 heterocycles. The number of hydrogen-bond acceptors (Lipinski definition) is 4. The highest BCUT2D eigenvalue weighted by atomic mass is 19.1. The van der Waals surface area contributed by atoms with Gasteiger partial charge in [-0.2, -0.15) is 4.98 Å². The van der Waals surface area contributed by atoms with E-state index in [9.17, 15) is 13.6 Å². The Balaban J connectivity index is 1.77. The van der Waals surface area contributed by atoms with Crippen molar-refractivity contribution in [2.24, 2.45) is 0 Å². The molecule has 3 rings (SSSR count). The standard InChI is InChI=1S/C20H22F2N4O2/c1-11(2)19-24-20(28-25-19)18-12(3)7-13(4)26(18)10-17(27)23-9-14-5-6-15(21)8-16(14)22/h5-8,11H,9-10H2,1-4H3,(H,23,27). The summed E-state index contributed by atoms with van der Waals surface area (Å²) < 4.78 is 33.9. The molecule has 148 valence electrons. The van der Waals surface area contributed by atoms with Crippen molar-refractivity contribution in [3.8, 4) is 11.6 Å². The van der Waals surface area contributed by atoms with Gasteiger partial charge in [0.05, 0.1) is 0 Å². The topological polar surface area (TPSA) is 73.0 Å². The van der Waals surface area contributed by atoms with Crippen LogP contribution in [0, 0.1) is 25.5 Å². The maximum atomic E-state index is 13.7. The first-order chi connectivity index (χ1) is 13.3. The van der Waals surface area contributed by atoms with Gasteiger partial charge in [0.25, 0.3) is 5.89 Å². The number of nitrogens with zero attached hydrogens (tertiary/aromatic N) is 3. The molecule has 1 N–H and O–H groups in total. The van der Waals surface area contributed by atoms with E-state index in [-0.39, 0.29) is 30.5 Å². The van der Waals surface area contributed by atoms with E-state index in [4.69, 9.17) is 4.52 Å². The summed E-state index contributed by atoms with van der Waals surface area (Å²) in [5.74, 6) is -0.594. The molecule has 2 aromatic heterocycles. The number of hydrogen-bond donors (Lipinski definition) is 1. The minimum absolute atomic E-state index is 0.0111. The molecular formula is C20H22F2N4O2. The smallest absolute Gasteiger partial charge is 0.274 e. The van der Waals surface area contributed by atoms with Gasteiger partial charge in [0.15, 0.2) is 5.82 Å². The fourth-order valence-corrected chi connectivity index (χ4v) is 2.96. The third kappa shape index (κ3) is 4.11. The summed E-state index contributed by atoms with van der Waals surface area (Å²) >= 11 is 0. The second-order valence-corrected chi connectivity index (χ2v) is 7.03. The molecule has 8 heteroatoms. The first kappa shape index (κ1) is 19.7. The van der Waals surface area contributed by atoms with E-state index in [1.165, 1.54) is 6.07 Å². The van der Waals surface area contributed by atoms with Crippen LogP contribution in [0.1, 0.15) is 42.4 Å². The molecule has 0 aliphatic rings. The van der Waals surface area contributed by atoms with Crippen molar-refractivity contribution < 1.29 is 18.1 Å². The lowest BCUT2D eigenvalue weighted by atomic mass is 10.2. The first-order valence-electron chi connectivity index (χ1n) is 8.97. The number of aryl methyl sites for hydroxylation is 2. The second kappa shape index (κ2) is 7.92. The van der Waals surface area contributed by atoms with Crippen molar-refractivity contribution in [1.82, 2.24) is 20.0 Å². The largest absolute Gasteiger partial charge is 0.350 e. The first-order valence-corrected chi connectivity index (χ1v) is 8.97. The van der Waals surface area contributed by atoms with E-state index in [0.29, 0.717) is 17.4 Å². The summed E-state index contributed by atoms with van der Waals surface area (Å²) in [7, 11) is 0. The van der Waals surface area contributed by atoms with Gasteiger partial charge >= 0.3 is 0 Å². The normalized spacial score (nSPS) is 11.2. The minimum Gasteiger partial charge on any atom is -0.350 e.